The van der Waals surface area contributed by atoms with Gasteiger partial charge in [0, 0.05) is 24.1 Å². The molecule has 1 aromatic heterocycles. The zero-order valence-electron chi connectivity index (χ0n) is 20.8. The molecule has 1 unspecified atom stereocenters. The highest BCUT2D eigenvalue weighted by molar-refractivity contribution is 9.10. The van der Waals surface area contributed by atoms with Crippen molar-refractivity contribution in [2.24, 2.45) is 5.41 Å². The predicted molar refractivity (Wildman–Crippen MR) is 155 cm³/mol. The molecule has 2 fully saturated rings. The molecule has 37 heavy (non-hydrogen) atoms. The number of nitrogens with zero attached hydrogens (tertiary/aromatic N) is 2. The van der Waals surface area contributed by atoms with Crippen molar-refractivity contribution in [1.82, 2.24) is 15.1 Å². The molecular formula is C29H33BrClN3O2S. The van der Waals surface area contributed by atoms with Crippen molar-refractivity contribution in [3.63, 3.8) is 0 Å². The van der Waals surface area contributed by atoms with Crippen molar-refractivity contribution in [1.29, 1.82) is 0 Å². The second-order valence-corrected chi connectivity index (χ2v) is 11.8. The van der Waals surface area contributed by atoms with Gasteiger partial charge in [-0.2, -0.15) is 0 Å². The summed E-state index contributed by atoms with van der Waals surface area (Å²) in [7, 11) is 0. The molecule has 1 atom stereocenters. The van der Waals surface area contributed by atoms with E-state index in [0.717, 1.165) is 66.8 Å². The maximum Gasteiger partial charge on any atom is 0.261 e. The highest BCUT2D eigenvalue weighted by Crippen LogP contribution is 2.42. The smallest absolute Gasteiger partial charge is 0.261 e. The summed E-state index contributed by atoms with van der Waals surface area (Å²) >= 11 is 4.95. The number of hydrogen-bond donors (Lipinski definition) is 1. The average Bonchev–Trinajstić information content (AvgIpc) is 3.55. The minimum atomic E-state index is -0.196. The fourth-order valence-corrected chi connectivity index (χ4v) is 6.37. The van der Waals surface area contributed by atoms with E-state index in [1.807, 2.05) is 52.7 Å². The van der Waals surface area contributed by atoms with Crippen LogP contribution in [0.3, 0.4) is 0 Å². The largest absolute Gasteiger partial charge is 0.344 e. The topological polar surface area (TPSA) is 52.7 Å². The molecular weight excluding hydrogens is 570 g/mol. The van der Waals surface area contributed by atoms with Gasteiger partial charge in [0.2, 0.25) is 5.91 Å². The Balaban J connectivity index is 0.00000320. The molecule has 8 heteroatoms. The van der Waals surface area contributed by atoms with E-state index in [0.29, 0.717) is 12.5 Å². The molecule has 2 aliphatic rings. The lowest BCUT2D eigenvalue weighted by Gasteiger charge is -2.38. The molecule has 2 saturated heterocycles. The normalized spacial score (nSPS) is 18.0. The number of benzene rings is 2. The highest BCUT2D eigenvalue weighted by atomic mass is 79.9. The number of carbonyl (C=O) groups excluding carboxylic acids is 2. The van der Waals surface area contributed by atoms with Gasteiger partial charge in [0.25, 0.3) is 5.91 Å². The molecule has 0 bridgehead atoms. The van der Waals surface area contributed by atoms with Crippen molar-refractivity contribution < 1.29 is 9.59 Å². The number of rotatable bonds is 8. The molecule has 5 nitrogen and oxygen atoms in total. The summed E-state index contributed by atoms with van der Waals surface area (Å²) in [6.07, 6.45) is 3.64. The molecule has 2 amide bonds. The molecule has 3 aromatic rings. The van der Waals surface area contributed by atoms with Crippen molar-refractivity contribution in [2.45, 2.75) is 38.3 Å². The van der Waals surface area contributed by atoms with Crippen LogP contribution in [0.25, 0.3) is 0 Å². The first kappa shape index (κ1) is 27.8. The Kier molecular flexibility index (Phi) is 9.46. The molecule has 2 aromatic carbocycles. The molecule has 2 aliphatic heterocycles. The lowest BCUT2D eigenvalue weighted by Crippen LogP contribution is -2.45. The van der Waals surface area contributed by atoms with Crippen LogP contribution in [0.5, 0.6) is 0 Å². The van der Waals surface area contributed by atoms with Gasteiger partial charge in [-0.25, -0.2) is 0 Å². The van der Waals surface area contributed by atoms with E-state index >= 15 is 0 Å². The number of halogens is 2. The van der Waals surface area contributed by atoms with Crippen LogP contribution in [-0.2, 0) is 11.3 Å². The van der Waals surface area contributed by atoms with Crippen LogP contribution in [0.4, 0.5) is 0 Å². The third-order valence-electron chi connectivity index (χ3n) is 7.69. The maximum absolute atomic E-state index is 13.4. The van der Waals surface area contributed by atoms with E-state index < -0.39 is 0 Å². The van der Waals surface area contributed by atoms with Gasteiger partial charge >= 0.3 is 0 Å². The molecule has 196 valence electrons. The van der Waals surface area contributed by atoms with Gasteiger partial charge in [-0.05, 0) is 73.5 Å². The molecule has 3 heterocycles. The number of nitrogens with one attached hydrogen (secondary N) is 1. The van der Waals surface area contributed by atoms with E-state index in [2.05, 4.69) is 50.4 Å². The highest BCUT2D eigenvalue weighted by Gasteiger charge is 2.47. The fourth-order valence-electron chi connectivity index (χ4n) is 5.48. The first-order chi connectivity index (χ1) is 17.5. The number of amides is 2. The predicted octanol–water partition coefficient (Wildman–Crippen LogP) is 6.31. The molecule has 0 radical (unpaired) electrons. The van der Waals surface area contributed by atoms with Crippen LogP contribution in [0.1, 0.15) is 52.5 Å². The Bertz CT molecular complexity index is 1170. The van der Waals surface area contributed by atoms with Gasteiger partial charge in [0.1, 0.15) is 0 Å². The fraction of sp³-hybridized carbons (Fsp3) is 0.379. The summed E-state index contributed by atoms with van der Waals surface area (Å²) in [4.78, 5) is 31.4. The Morgan fingerprint density at radius 1 is 0.973 bits per heavy atom. The zero-order valence-corrected chi connectivity index (χ0v) is 24.0. The summed E-state index contributed by atoms with van der Waals surface area (Å²) in [5.74, 6) is 0.314. The van der Waals surface area contributed by atoms with E-state index in [1.54, 1.807) is 0 Å². The number of hydrogen-bond acceptors (Lipinski definition) is 4. The Hall–Kier alpha value is -2.19. The third-order valence-corrected chi connectivity index (χ3v) is 9.08. The van der Waals surface area contributed by atoms with Crippen LogP contribution in [0, 0.1) is 5.41 Å². The minimum absolute atomic E-state index is 0. The van der Waals surface area contributed by atoms with Crippen LogP contribution >= 0.6 is 39.7 Å². The van der Waals surface area contributed by atoms with Crippen molar-refractivity contribution in [3.8, 4) is 0 Å². The van der Waals surface area contributed by atoms with Crippen LogP contribution in [0.2, 0.25) is 0 Å². The summed E-state index contributed by atoms with van der Waals surface area (Å²) in [5.41, 5.74) is 2.11. The summed E-state index contributed by atoms with van der Waals surface area (Å²) in [6.45, 7) is 4.30. The number of thiophene rings is 1. The third kappa shape index (κ3) is 6.63. The number of likely N-dealkylation sites (tertiary alicyclic amines) is 2. The quantitative estimate of drug-likeness (QED) is 0.329. The van der Waals surface area contributed by atoms with Crippen LogP contribution in [-0.4, -0.2) is 47.8 Å². The second-order valence-electron chi connectivity index (χ2n) is 9.93. The van der Waals surface area contributed by atoms with E-state index in [9.17, 15) is 9.59 Å². The lowest BCUT2D eigenvalue weighted by molar-refractivity contribution is -0.138. The van der Waals surface area contributed by atoms with Crippen LogP contribution in [0.15, 0.2) is 76.6 Å². The van der Waals surface area contributed by atoms with Crippen molar-refractivity contribution in [2.75, 3.05) is 26.2 Å². The minimum Gasteiger partial charge on any atom is -0.344 e. The molecule has 5 rings (SSSR count). The van der Waals surface area contributed by atoms with E-state index in [1.165, 1.54) is 16.9 Å². The van der Waals surface area contributed by atoms with E-state index in [4.69, 9.17) is 0 Å². The van der Waals surface area contributed by atoms with Crippen LogP contribution < -0.4 is 5.32 Å². The number of carbonyl (C=O) groups is 2. The first-order valence-corrected chi connectivity index (χ1v) is 14.4. The van der Waals surface area contributed by atoms with Gasteiger partial charge in [0.05, 0.1) is 16.3 Å². The maximum atomic E-state index is 13.4. The standard InChI is InChI=1S/C29H32BrN3O2S.ClH/c30-24-10-8-22(9-11-24)21-33-19-15-29(28(33)35)13-17-32(18-14-29)16-12-25(23-5-2-1-3-6-23)31-27(34)26-7-4-20-36-26;/h1-11,20,25H,12-19,21H2,(H,31,34);1H. The summed E-state index contributed by atoms with van der Waals surface area (Å²) in [5, 5.41) is 5.18. The monoisotopic (exact) mass is 601 g/mol. The van der Waals surface area contributed by atoms with Gasteiger partial charge in [-0.3, -0.25) is 9.59 Å². The van der Waals surface area contributed by atoms with Gasteiger partial charge < -0.3 is 15.1 Å². The Morgan fingerprint density at radius 2 is 1.68 bits per heavy atom. The first-order valence-electron chi connectivity index (χ1n) is 12.7. The van der Waals surface area contributed by atoms with Crippen molar-refractivity contribution >= 4 is 51.5 Å². The average molecular weight is 603 g/mol. The van der Waals surface area contributed by atoms with Gasteiger partial charge in [-0.15, -0.1) is 23.7 Å². The Morgan fingerprint density at radius 3 is 2.35 bits per heavy atom. The van der Waals surface area contributed by atoms with Gasteiger partial charge in [0.15, 0.2) is 0 Å². The SMILES string of the molecule is Cl.O=C(NC(CCN1CCC2(CC1)CCN(Cc1ccc(Br)cc1)C2=O)c1ccccc1)c1cccs1. The molecule has 1 N–H and O–H groups in total. The number of piperidine rings is 1. The van der Waals surface area contributed by atoms with E-state index in [-0.39, 0.29) is 29.8 Å². The molecule has 0 aliphatic carbocycles. The zero-order chi connectivity index (χ0) is 25.0. The van der Waals surface area contributed by atoms with Gasteiger partial charge in [-0.1, -0.05) is 64.5 Å². The molecule has 1 spiro atoms. The second kappa shape index (κ2) is 12.6. The summed E-state index contributed by atoms with van der Waals surface area (Å²) < 4.78 is 1.06. The molecule has 0 saturated carbocycles. The lowest BCUT2D eigenvalue weighted by atomic mass is 9.77. The summed E-state index contributed by atoms with van der Waals surface area (Å²) in [6, 6.07) is 22.2. The Labute approximate surface area is 237 Å². The van der Waals surface area contributed by atoms with Crippen molar-refractivity contribution in [3.05, 3.63) is 92.6 Å².